The van der Waals surface area contributed by atoms with Crippen molar-refractivity contribution in [1.29, 1.82) is 0 Å². The van der Waals surface area contributed by atoms with Crippen LogP contribution in [0.2, 0.25) is 0 Å². The van der Waals surface area contributed by atoms with Crippen LogP contribution in [0.15, 0.2) is 24.3 Å². The van der Waals surface area contributed by atoms with Crippen molar-refractivity contribution >= 4 is 18.0 Å². The molecule has 2 heteroatoms. The van der Waals surface area contributed by atoms with Gasteiger partial charge >= 0.3 is 0 Å². The number of aldehydes is 1. The van der Waals surface area contributed by atoms with Gasteiger partial charge in [0, 0.05) is 12.2 Å². The van der Waals surface area contributed by atoms with Crippen LogP contribution in [-0.2, 0) is 11.2 Å². The summed E-state index contributed by atoms with van der Waals surface area (Å²) >= 11 is 2.03. The number of carbonyl (C=O) groups excluding carboxylic acids is 1. The monoisotopic (exact) mass is 206 g/mol. The van der Waals surface area contributed by atoms with Crippen molar-refractivity contribution in [2.45, 2.75) is 18.8 Å². The van der Waals surface area contributed by atoms with Crippen LogP contribution < -0.4 is 0 Å². The highest BCUT2D eigenvalue weighted by Gasteiger charge is 2.17. The molecule has 1 aromatic carbocycles. The molecule has 74 valence electrons. The Morgan fingerprint density at radius 1 is 1.50 bits per heavy atom. The maximum Gasteiger partial charge on any atom is 0.124 e. The van der Waals surface area contributed by atoms with Gasteiger partial charge in [0.25, 0.3) is 0 Å². The predicted molar refractivity (Wildman–Crippen MR) is 60.9 cm³/mol. The van der Waals surface area contributed by atoms with Gasteiger partial charge in [-0.2, -0.15) is 11.8 Å². The van der Waals surface area contributed by atoms with Gasteiger partial charge in [0.2, 0.25) is 0 Å². The lowest BCUT2D eigenvalue weighted by Gasteiger charge is -2.09. The van der Waals surface area contributed by atoms with Gasteiger partial charge in [-0.05, 0) is 29.2 Å². The first-order valence-corrected chi connectivity index (χ1v) is 6.16. The Hall–Kier alpha value is -0.760. The Bertz CT molecular complexity index is 316. The minimum absolute atomic E-state index is 0.549. The van der Waals surface area contributed by atoms with Crippen LogP contribution >= 0.6 is 11.8 Å². The molecule has 0 amide bonds. The van der Waals surface area contributed by atoms with E-state index in [0.29, 0.717) is 12.3 Å². The zero-order chi connectivity index (χ0) is 9.80. The third-order valence-electron chi connectivity index (χ3n) is 2.67. The molecule has 0 bridgehead atoms. The van der Waals surface area contributed by atoms with Crippen LogP contribution in [0.1, 0.15) is 23.5 Å². The first kappa shape index (κ1) is 9.78. The zero-order valence-electron chi connectivity index (χ0n) is 8.11. The largest absolute Gasteiger partial charge is 0.303 e. The van der Waals surface area contributed by atoms with Gasteiger partial charge in [-0.3, -0.25) is 0 Å². The maximum atomic E-state index is 10.4. The van der Waals surface area contributed by atoms with E-state index in [2.05, 4.69) is 18.2 Å². The number of hydrogen-bond acceptors (Lipinski definition) is 2. The molecular weight excluding hydrogens is 192 g/mol. The van der Waals surface area contributed by atoms with Gasteiger partial charge in [-0.1, -0.05) is 24.3 Å². The molecule has 1 heterocycles. The molecule has 1 aromatic rings. The molecule has 1 atom stereocenters. The van der Waals surface area contributed by atoms with Gasteiger partial charge < -0.3 is 4.79 Å². The molecule has 0 aliphatic carbocycles. The average Bonchev–Trinajstić information content (AvgIpc) is 2.71. The standard InChI is InChI=1S/C12H14OS/c13-6-4-10-2-1-3-11(8-10)12-5-7-14-9-12/h1-3,6,8,12H,4-5,7,9H2. The van der Waals surface area contributed by atoms with Crippen molar-refractivity contribution in [3.8, 4) is 0 Å². The summed E-state index contributed by atoms with van der Waals surface area (Å²) in [6.45, 7) is 0. The van der Waals surface area contributed by atoms with Crippen LogP contribution in [-0.4, -0.2) is 17.8 Å². The molecular formula is C12H14OS. The normalized spacial score (nSPS) is 21.0. The number of thioether (sulfide) groups is 1. The third-order valence-corrected chi connectivity index (χ3v) is 3.83. The molecule has 0 aromatic heterocycles. The summed E-state index contributed by atoms with van der Waals surface area (Å²) in [5.41, 5.74) is 2.56. The molecule has 14 heavy (non-hydrogen) atoms. The highest BCUT2D eigenvalue weighted by molar-refractivity contribution is 7.99. The molecule has 1 saturated heterocycles. The van der Waals surface area contributed by atoms with Crippen molar-refractivity contribution < 1.29 is 4.79 Å². The van der Waals surface area contributed by atoms with E-state index in [1.165, 1.54) is 23.5 Å². The van der Waals surface area contributed by atoms with Crippen LogP contribution in [0, 0.1) is 0 Å². The maximum absolute atomic E-state index is 10.4. The Labute approximate surface area is 88.9 Å². The summed E-state index contributed by atoms with van der Waals surface area (Å²) in [4.78, 5) is 10.4. The minimum Gasteiger partial charge on any atom is -0.303 e. The summed E-state index contributed by atoms with van der Waals surface area (Å²) in [6.07, 6.45) is 2.81. The smallest absolute Gasteiger partial charge is 0.124 e. The van der Waals surface area contributed by atoms with E-state index in [9.17, 15) is 4.79 Å². The van der Waals surface area contributed by atoms with Crippen molar-refractivity contribution in [1.82, 2.24) is 0 Å². The van der Waals surface area contributed by atoms with Crippen molar-refractivity contribution in [3.63, 3.8) is 0 Å². The highest BCUT2D eigenvalue weighted by atomic mass is 32.2. The van der Waals surface area contributed by atoms with Crippen LogP contribution in [0.25, 0.3) is 0 Å². The molecule has 0 N–H and O–H groups in total. The van der Waals surface area contributed by atoms with Crippen molar-refractivity contribution in [2.75, 3.05) is 11.5 Å². The fourth-order valence-electron chi connectivity index (χ4n) is 1.87. The summed E-state index contributed by atoms with van der Waals surface area (Å²) < 4.78 is 0. The highest BCUT2D eigenvalue weighted by Crippen LogP contribution is 2.32. The summed E-state index contributed by atoms with van der Waals surface area (Å²) in [5, 5.41) is 0. The molecule has 1 unspecified atom stereocenters. The predicted octanol–water partition coefficient (Wildman–Crippen LogP) is 2.65. The summed E-state index contributed by atoms with van der Waals surface area (Å²) in [7, 11) is 0. The second kappa shape index (κ2) is 4.65. The van der Waals surface area contributed by atoms with E-state index < -0.39 is 0 Å². The number of hydrogen-bond donors (Lipinski definition) is 0. The summed E-state index contributed by atoms with van der Waals surface area (Å²) in [6, 6.07) is 8.47. The Morgan fingerprint density at radius 3 is 3.14 bits per heavy atom. The molecule has 0 radical (unpaired) electrons. The lowest BCUT2D eigenvalue weighted by Crippen LogP contribution is -1.97. The van der Waals surface area contributed by atoms with Gasteiger partial charge in [0.05, 0.1) is 0 Å². The molecule has 1 aliphatic rings. The average molecular weight is 206 g/mol. The Balaban J connectivity index is 2.16. The number of rotatable bonds is 3. The lowest BCUT2D eigenvalue weighted by molar-refractivity contribution is -0.107. The SMILES string of the molecule is O=CCc1cccc(C2CCSC2)c1. The van der Waals surface area contributed by atoms with Crippen molar-refractivity contribution in [3.05, 3.63) is 35.4 Å². The first-order chi connectivity index (χ1) is 6.90. The fourth-order valence-corrected chi connectivity index (χ4v) is 3.13. The molecule has 1 aliphatic heterocycles. The zero-order valence-corrected chi connectivity index (χ0v) is 8.93. The summed E-state index contributed by atoms with van der Waals surface area (Å²) in [5.74, 6) is 3.24. The van der Waals surface area contributed by atoms with E-state index in [0.717, 1.165) is 11.8 Å². The quantitative estimate of drug-likeness (QED) is 0.707. The van der Waals surface area contributed by atoms with Crippen molar-refractivity contribution in [2.24, 2.45) is 0 Å². The van der Waals surface area contributed by atoms with Gasteiger partial charge in [-0.15, -0.1) is 0 Å². The molecule has 0 saturated carbocycles. The van der Waals surface area contributed by atoms with E-state index in [1.807, 2.05) is 17.8 Å². The van der Waals surface area contributed by atoms with E-state index >= 15 is 0 Å². The van der Waals surface area contributed by atoms with Gasteiger partial charge in [0.1, 0.15) is 6.29 Å². The topological polar surface area (TPSA) is 17.1 Å². The molecule has 0 spiro atoms. The first-order valence-electron chi connectivity index (χ1n) is 5.00. The molecule has 1 nitrogen and oxygen atoms in total. The van der Waals surface area contributed by atoms with E-state index in [1.54, 1.807) is 0 Å². The second-order valence-electron chi connectivity index (χ2n) is 3.68. The van der Waals surface area contributed by atoms with Gasteiger partial charge in [0.15, 0.2) is 0 Å². The Kier molecular flexibility index (Phi) is 3.25. The van der Waals surface area contributed by atoms with Crippen LogP contribution in [0.5, 0.6) is 0 Å². The van der Waals surface area contributed by atoms with Crippen LogP contribution in [0.4, 0.5) is 0 Å². The minimum atomic E-state index is 0.549. The second-order valence-corrected chi connectivity index (χ2v) is 4.83. The van der Waals surface area contributed by atoms with Gasteiger partial charge in [-0.25, -0.2) is 0 Å². The molecule has 2 rings (SSSR count). The van der Waals surface area contributed by atoms with E-state index in [-0.39, 0.29) is 0 Å². The number of benzene rings is 1. The third kappa shape index (κ3) is 2.18. The Morgan fingerprint density at radius 2 is 2.43 bits per heavy atom. The molecule has 1 fully saturated rings. The van der Waals surface area contributed by atoms with Crippen LogP contribution in [0.3, 0.4) is 0 Å². The van der Waals surface area contributed by atoms with E-state index in [4.69, 9.17) is 0 Å². The fraction of sp³-hybridized carbons (Fsp3) is 0.417. The lowest BCUT2D eigenvalue weighted by atomic mass is 9.96. The number of carbonyl (C=O) groups is 1.